The Kier molecular flexibility index (Phi) is 2.11. The number of nitrogens with zero attached hydrogens (tertiary/aromatic N) is 1. The summed E-state index contributed by atoms with van der Waals surface area (Å²) in [6, 6.07) is 10.0. The summed E-state index contributed by atoms with van der Waals surface area (Å²) < 4.78 is 0.730. The Labute approximate surface area is 79.7 Å². The second-order valence-corrected chi connectivity index (χ2v) is 4.00. The molecule has 0 unspecified atom stereocenters. The lowest BCUT2D eigenvalue weighted by Gasteiger charge is -1.91. The molecule has 12 heavy (non-hydrogen) atoms. The Hall–Kier alpha value is -0.860. The van der Waals surface area contributed by atoms with Crippen LogP contribution in [0.25, 0.3) is 10.6 Å². The predicted molar refractivity (Wildman–Crippen MR) is 52.6 cm³/mol. The van der Waals surface area contributed by atoms with Crippen molar-refractivity contribution in [2.75, 3.05) is 0 Å². The van der Waals surface area contributed by atoms with Gasteiger partial charge in [-0.25, -0.2) is 4.98 Å². The van der Waals surface area contributed by atoms with Crippen LogP contribution in [0.4, 0.5) is 0 Å². The molecule has 0 atom stereocenters. The lowest BCUT2D eigenvalue weighted by molar-refractivity contribution is 1.41. The van der Waals surface area contributed by atoms with E-state index in [0.29, 0.717) is 0 Å². The number of rotatable bonds is 1. The molecule has 0 saturated carbocycles. The van der Waals surface area contributed by atoms with Crippen molar-refractivity contribution in [1.29, 1.82) is 0 Å². The van der Waals surface area contributed by atoms with Crippen molar-refractivity contribution < 1.29 is 0 Å². The zero-order valence-electron chi connectivity index (χ0n) is 6.20. The molecule has 1 heterocycles. The van der Waals surface area contributed by atoms with Gasteiger partial charge in [-0.15, -0.1) is 11.3 Å². The van der Waals surface area contributed by atoms with Crippen LogP contribution in [0.1, 0.15) is 0 Å². The number of aromatic nitrogens is 1. The van der Waals surface area contributed by atoms with E-state index in [0.717, 1.165) is 14.9 Å². The lowest BCUT2D eigenvalue weighted by Crippen LogP contribution is -1.71. The first-order valence-electron chi connectivity index (χ1n) is 3.53. The minimum Gasteiger partial charge on any atom is -0.243 e. The first kappa shape index (κ1) is 7.77. The summed E-state index contributed by atoms with van der Waals surface area (Å²) in [5, 5.41) is 0.973. The van der Waals surface area contributed by atoms with Gasteiger partial charge in [-0.1, -0.05) is 41.9 Å². The highest BCUT2D eigenvalue weighted by atomic mass is 35.5. The Morgan fingerprint density at radius 1 is 1.17 bits per heavy atom. The van der Waals surface area contributed by atoms with E-state index in [1.54, 1.807) is 6.20 Å². The van der Waals surface area contributed by atoms with Gasteiger partial charge in [0.15, 0.2) is 0 Å². The monoisotopic (exact) mass is 195 g/mol. The molecule has 1 nitrogen and oxygen atoms in total. The van der Waals surface area contributed by atoms with Gasteiger partial charge < -0.3 is 0 Å². The highest BCUT2D eigenvalue weighted by molar-refractivity contribution is 7.18. The zero-order chi connectivity index (χ0) is 8.39. The number of hydrogen-bond acceptors (Lipinski definition) is 2. The fourth-order valence-electron chi connectivity index (χ4n) is 0.969. The topological polar surface area (TPSA) is 12.9 Å². The molecule has 0 saturated heterocycles. The van der Waals surface area contributed by atoms with Gasteiger partial charge in [-0.3, -0.25) is 0 Å². The van der Waals surface area contributed by atoms with Crippen LogP contribution in [0.3, 0.4) is 0 Å². The smallest absolute Gasteiger partial charge is 0.124 e. The van der Waals surface area contributed by atoms with Crippen LogP contribution in [0, 0.1) is 0 Å². The van der Waals surface area contributed by atoms with Crippen molar-refractivity contribution in [3.05, 3.63) is 40.9 Å². The van der Waals surface area contributed by atoms with Crippen molar-refractivity contribution in [2.24, 2.45) is 0 Å². The van der Waals surface area contributed by atoms with Gasteiger partial charge in [0.05, 0.1) is 6.20 Å². The zero-order valence-corrected chi connectivity index (χ0v) is 7.77. The first-order valence-corrected chi connectivity index (χ1v) is 4.72. The van der Waals surface area contributed by atoms with Crippen molar-refractivity contribution >= 4 is 22.9 Å². The minimum atomic E-state index is 0.730. The standard InChI is InChI=1S/C9H6ClNS/c10-8-6-11-9(12-8)7-4-2-1-3-5-7/h1-6H. The van der Waals surface area contributed by atoms with Crippen LogP contribution in [-0.4, -0.2) is 4.98 Å². The molecular weight excluding hydrogens is 190 g/mol. The van der Waals surface area contributed by atoms with Gasteiger partial charge in [0.1, 0.15) is 9.34 Å². The molecule has 1 aromatic heterocycles. The summed E-state index contributed by atoms with van der Waals surface area (Å²) in [6.07, 6.45) is 1.68. The van der Waals surface area contributed by atoms with E-state index in [-0.39, 0.29) is 0 Å². The summed E-state index contributed by atoms with van der Waals surface area (Å²) >= 11 is 7.26. The van der Waals surface area contributed by atoms with Crippen LogP contribution in [0.5, 0.6) is 0 Å². The molecule has 0 N–H and O–H groups in total. The predicted octanol–water partition coefficient (Wildman–Crippen LogP) is 3.46. The van der Waals surface area contributed by atoms with E-state index in [2.05, 4.69) is 4.98 Å². The summed E-state index contributed by atoms with van der Waals surface area (Å²) in [7, 11) is 0. The van der Waals surface area contributed by atoms with E-state index in [4.69, 9.17) is 11.6 Å². The van der Waals surface area contributed by atoms with Gasteiger partial charge >= 0.3 is 0 Å². The quantitative estimate of drug-likeness (QED) is 0.679. The van der Waals surface area contributed by atoms with Gasteiger partial charge in [0, 0.05) is 5.56 Å². The maximum absolute atomic E-state index is 5.77. The first-order chi connectivity index (χ1) is 5.86. The molecule has 3 heteroatoms. The molecule has 0 amide bonds. The Balaban J connectivity index is 2.45. The molecule has 0 fully saturated rings. The molecule has 0 aliphatic heterocycles. The van der Waals surface area contributed by atoms with Crippen molar-refractivity contribution in [1.82, 2.24) is 4.98 Å². The third-order valence-electron chi connectivity index (χ3n) is 1.50. The van der Waals surface area contributed by atoms with E-state index in [9.17, 15) is 0 Å². The van der Waals surface area contributed by atoms with Crippen LogP contribution < -0.4 is 0 Å². The molecular formula is C9H6ClNS. The molecule has 60 valence electrons. The third-order valence-corrected chi connectivity index (χ3v) is 2.66. The number of benzene rings is 1. The van der Waals surface area contributed by atoms with Gasteiger partial charge in [0.25, 0.3) is 0 Å². The molecule has 0 bridgehead atoms. The van der Waals surface area contributed by atoms with Crippen molar-refractivity contribution in [3.63, 3.8) is 0 Å². The highest BCUT2D eigenvalue weighted by Crippen LogP contribution is 2.27. The van der Waals surface area contributed by atoms with E-state index >= 15 is 0 Å². The van der Waals surface area contributed by atoms with E-state index < -0.39 is 0 Å². The second-order valence-electron chi connectivity index (χ2n) is 2.34. The maximum Gasteiger partial charge on any atom is 0.124 e. The molecule has 0 radical (unpaired) electrons. The summed E-state index contributed by atoms with van der Waals surface area (Å²) in [5.41, 5.74) is 1.12. The summed E-state index contributed by atoms with van der Waals surface area (Å²) in [5.74, 6) is 0. The highest BCUT2D eigenvalue weighted by Gasteiger charge is 2.00. The summed E-state index contributed by atoms with van der Waals surface area (Å²) in [6.45, 7) is 0. The average molecular weight is 196 g/mol. The van der Waals surface area contributed by atoms with Crippen LogP contribution in [-0.2, 0) is 0 Å². The van der Waals surface area contributed by atoms with Crippen LogP contribution >= 0.6 is 22.9 Å². The van der Waals surface area contributed by atoms with E-state index in [1.165, 1.54) is 11.3 Å². The largest absolute Gasteiger partial charge is 0.243 e. The summed E-state index contributed by atoms with van der Waals surface area (Å²) in [4.78, 5) is 4.17. The van der Waals surface area contributed by atoms with Gasteiger partial charge in [0.2, 0.25) is 0 Å². The SMILES string of the molecule is Clc1cnc(-c2ccccc2)s1. The molecule has 2 aromatic rings. The van der Waals surface area contributed by atoms with Crippen LogP contribution in [0.15, 0.2) is 36.5 Å². The molecule has 2 rings (SSSR count). The Morgan fingerprint density at radius 3 is 2.50 bits per heavy atom. The Bertz CT molecular complexity index is 369. The minimum absolute atomic E-state index is 0.730. The van der Waals surface area contributed by atoms with E-state index in [1.807, 2.05) is 30.3 Å². The number of hydrogen-bond donors (Lipinski definition) is 0. The van der Waals surface area contributed by atoms with Crippen LogP contribution in [0.2, 0.25) is 4.34 Å². The normalized spacial score (nSPS) is 10.1. The average Bonchev–Trinajstić information content (AvgIpc) is 2.54. The van der Waals surface area contributed by atoms with Crippen molar-refractivity contribution in [3.8, 4) is 10.6 Å². The molecule has 0 aliphatic rings. The number of thiazole rings is 1. The fraction of sp³-hybridized carbons (Fsp3) is 0. The van der Waals surface area contributed by atoms with Gasteiger partial charge in [-0.05, 0) is 0 Å². The van der Waals surface area contributed by atoms with Gasteiger partial charge in [-0.2, -0.15) is 0 Å². The molecule has 0 aliphatic carbocycles. The number of halogens is 1. The maximum atomic E-state index is 5.77. The molecule has 1 aromatic carbocycles. The lowest BCUT2D eigenvalue weighted by atomic mass is 10.2. The molecule has 0 spiro atoms. The van der Waals surface area contributed by atoms with Crippen molar-refractivity contribution in [2.45, 2.75) is 0 Å². The second kappa shape index (κ2) is 3.25. The fourth-order valence-corrected chi connectivity index (χ4v) is 1.89. The Morgan fingerprint density at radius 2 is 1.92 bits per heavy atom. The third kappa shape index (κ3) is 1.49.